The average molecular weight is 393 g/mol. The Morgan fingerprint density at radius 3 is 2.27 bits per heavy atom. The zero-order valence-corrected chi connectivity index (χ0v) is 16.9. The second-order valence-electron chi connectivity index (χ2n) is 6.40. The number of rotatable bonds is 2. The first kappa shape index (κ1) is 20.0. The molecule has 0 amide bonds. The van der Waals surface area contributed by atoms with Crippen LogP contribution >= 0.6 is 0 Å². The molecule has 0 bridgehead atoms. The van der Waals surface area contributed by atoms with E-state index < -0.39 is 31.1 Å². The van der Waals surface area contributed by atoms with Gasteiger partial charge in [0, 0.05) is 5.92 Å². The van der Waals surface area contributed by atoms with E-state index in [1.165, 1.54) is 0 Å². The molecule has 138 valence electrons. The summed E-state index contributed by atoms with van der Waals surface area (Å²) in [5.41, 5.74) is 12.4. The number of hydrogen-bond donors (Lipinski definition) is 0. The number of allylic oxidation sites excluding steroid dienone is 3. The number of hydrogen-bond acceptors (Lipinski definition) is 4. The Hall–Kier alpha value is -2.28. The highest BCUT2D eigenvalue weighted by molar-refractivity contribution is 8.10. The minimum Gasteiger partial charge on any atom is -0.360 e. The molecule has 0 N–H and O–H groups in total. The Morgan fingerprint density at radius 2 is 1.77 bits per heavy atom. The van der Waals surface area contributed by atoms with Crippen molar-refractivity contribution in [2.45, 2.75) is 34.6 Å². The number of nitrogens with zero attached hydrogens (tertiary/aromatic N) is 2. The van der Waals surface area contributed by atoms with Gasteiger partial charge >= 0.3 is 5.04 Å². The maximum Gasteiger partial charge on any atom is 0.416 e. The van der Waals surface area contributed by atoms with Gasteiger partial charge in [0.25, 0.3) is 9.84 Å². The van der Waals surface area contributed by atoms with Gasteiger partial charge in [-0.2, -0.15) is 13.2 Å². The van der Waals surface area contributed by atoms with Crippen LogP contribution in [0, 0.1) is 19.8 Å². The van der Waals surface area contributed by atoms with Gasteiger partial charge in [-0.05, 0) is 51.0 Å². The Labute approximate surface area is 154 Å². The Balaban J connectivity index is 2.78. The van der Waals surface area contributed by atoms with Gasteiger partial charge in [0.05, 0.1) is 15.3 Å². The molecule has 6 nitrogen and oxygen atoms in total. The fourth-order valence-corrected chi connectivity index (χ4v) is 5.41. The number of sulfone groups is 1. The Morgan fingerprint density at radius 1 is 1.15 bits per heavy atom. The van der Waals surface area contributed by atoms with Gasteiger partial charge in [-0.1, -0.05) is 30.2 Å². The molecule has 0 spiro atoms. The third kappa shape index (κ3) is 3.35. The van der Waals surface area contributed by atoms with Crippen molar-refractivity contribution >= 4 is 30.0 Å². The molecule has 1 aromatic rings. The summed E-state index contributed by atoms with van der Waals surface area (Å²) in [6.45, 7) is 8.61. The molecular weight excluding hydrogens is 372 g/mol. The van der Waals surface area contributed by atoms with Crippen molar-refractivity contribution in [2.24, 2.45) is 5.92 Å². The molecule has 0 aromatic heterocycles. The first-order valence-electron chi connectivity index (χ1n) is 7.92. The standard InChI is InChI=1S/C18H20N2O4S2/c1-10-6-7-15(11(2)8-10)18(20-19)26(23,24)17-9-16(25(21)22)13(4)12(3)14(17)5/h6-9,13H,1-5H3. The van der Waals surface area contributed by atoms with E-state index >= 15 is 0 Å². The summed E-state index contributed by atoms with van der Waals surface area (Å²) in [7, 11) is -6.78. The monoisotopic (exact) mass is 392 g/mol. The zero-order chi connectivity index (χ0) is 19.8. The molecule has 0 saturated heterocycles. The normalized spacial score (nSPS) is 17.7. The molecule has 1 aliphatic rings. The lowest BCUT2D eigenvalue weighted by Crippen LogP contribution is -2.26. The van der Waals surface area contributed by atoms with Crippen LogP contribution in [0.3, 0.4) is 0 Å². The second-order valence-corrected chi connectivity index (χ2v) is 9.18. The molecule has 0 aliphatic heterocycles. The minimum absolute atomic E-state index is 0.00964. The molecule has 26 heavy (non-hydrogen) atoms. The molecule has 8 heteroatoms. The van der Waals surface area contributed by atoms with E-state index in [9.17, 15) is 22.4 Å². The molecule has 1 atom stereocenters. The fourth-order valence-electron chi connectivity index (χ4n) is 2.98. The second kappa shape index (κ2) is 7.15. The van der Waals surface area contributed by atoms with Crippen molar-refractivity contribution in [3.8, 4) is 0 Å². The average Bonchev–Trinajstić information content (AvgIpc) is 2.54. The summed E-state index contributed by atoms with van der Waals surface area (Å²) in [6, 6.07) is 5.08. The lowest BCUT2D eigenvalue weighted by molar-refractivity contribution is 0.000647. The van der Waals surface area contributed by atoms with Crippen molar-refractivity contribution in [3.63, 3.8) is 0 Å². The lowest BCUT2D eigenvalue weighted by Gasteiger charge is -2.21. The molecule has 1 aliphatic carbocycles. The van der Waals surface area contributed by atoms with Crippen molar-refractivity contribution < 1.29 is 21.6 Å². The molecule has 0 radical (unpaired) electrons. The van der Waals surface area contributed by atoms with Gasteiger partial charge in [-0.3, -0.25) is 0 Å². The largest absolute Gasteiger partial charge is 0.416 e. The fraction of sp³-hybridized carbons (Fsp3) is 0.333. The Bertz CT molecular complexity index is 1140. The van der Waals surface area contributed by atoms with Crippen LogP contribution in [0.5, 0.6) is 0 Å². The number of aryl methyl sites for hydroxylation is 2. The van der Waals surface area contributed by atoms with Crippen LogP contribution in [0.15, 0.2) is 40.3 Å². The van der Waals surface area contributed by atoms with Crippen LogP contribution in [-0.4, -0.2) is 31.5 Å². The maximum atomic E-state index is 13.2. The van der Waals surface area contributed by atoms with Crippen molar-refractivity contribution in [3.05, 3.63) is 62.5 Å². The van der Waals surface area contributed by atoms with Gasteiger partial charge in [-0.25, -0.2) is 8.42 Å². The topological polar surface area (TPSA) is 105 Å². The highest BCUT2D eigenvalue weighted by Crippen LogP contribution is 2.32. The van der Waals surface area contributed by atoms with E-state index in [2.05, 4.69) is 4.79 Å². The van der Waals surface area contributed by atoms with Gasteiger partial charge in [0.2, 0.25) is 10.3 Å². The smallest absolute Gasteiger partial charge is 0.360 e. The summed E-state index contributed by atoms with van der Waals surface area (Å²) < 4.78 is 49.4. The van der Waals surface area contributed by atoms with Gasteiger partial charge < -0.3 is 5.53 Å². The van der Waals surface area contributed by atoms with E-state index in [4.69, 9.17) is 0 Å². The van der Waals surface area contributed by atoms with Crippen LogP contribution in [0.2, 0.25) is 0 Å². The van der Waals surface area contributed by atoms with Gasteiger partial charge in [0.1, 0.15) is 0 Å². The quantitative estimate of drug-likeness (QED) is 0.254. The third-order valence-corrected chi connectivity index (χ3v) is 7.42. The molecule has 0 saturated carbocycles. The van der Waals surface area contributed by atoms with E-state index in [0.29, 0.717) is 16.7 Å². The van der Waals surface area contributed by atoms with E-state index in [1.54, 1.807) is 45.9 Å². The zero-order valence-electron chi connectivity index (χ0n) is 15.2. The van der Waals surface area contributed by atoms with Crippen molar-refractivity contribution in [1.29, 1.82) is 0 Å². The number of benzene rings is 1. The summed E-state index contributed by atoms with van der Waals surface area (Å²) in [4.78, 5) is 2.87. The predicted molar refractivity (Wildman–Crippen MR) is 102 cm³/mol. The summed E-state index contributed by atoms with van der Waals surface area (Å²) in [5, 5.41) is -0.501. The van der Waals surface area contributed by atoms with Crippen LogP contribution in [0.25, 0.3) is 5.53 Å². The summed E-state index contributed by atoms with van der Waals surface area (Å²) >= 11 is 0. The first-order chi connectivity index (χ1) is 12.0. The molecule has 1 unspecified atom stereocenters. The van der Waals surface area contributed by atoms with Crippen LogP contribution in [-0.2, 0) is 20.1 Å². The SMILES string of the molecule is CC1=C(C)C(C)C(=S(=O)=O)C=C1S(=O)(=O)C(=[N+]=[N-])c1ccc(C)cc1C. The molecule has 2 rings (SSSR count). The lowest BCUT2D eigenvalue weighted by atomic mass is 9.90. The molecular formula is C18H20N2O4S2. The van der Waals surface area contributed by atoms with E-state index in [1.807, 2.05) is 6.92 Å². The molecule has 0 heterocycles. The van der Waals surface area contributed by atoms with Crippen LogP contribution in [0.1, 0.15) is 37.5 Å². The molecule has 0 fully saturated rings. The van der Waals surface area contributed by atoms with E-state index in [-0.39, 0.29) is 15.3 Å². The molecule has 1 aromatic carbocycles. The van der Waals surface area contributed by atoms with Crippen molar-refractivity contribution in [2.75, 3.05) is 0 Å². The van der Waals surface area contributed by atoms with Crippen molar-refractivity contribution in [1.82, 2.24) is 0 Å². The van der Waals surface area contributed by atoms with E-state index in [0.717, 1.165) is 11.6 Å². The minimum atomic E-state index is -4.23. The van der Waals surface area contributed by atoms with Crippen LogP contribution < -0.4 is 0 Å². The van der Waals surface area contributed by atoms with Gasteiger partial charge in [0.15, 0.2) is 0 Å². The van der Waals surface area contributed by atoms with Gasteiger partial charge in [-0.15, -0.1) is 0 Å². The van der Waals surface area contributed by atoms with Crippen LogP contribution in [0.4, 0.5) is 0 Å². The highest BCUT2D eigenvalue weighted by Gasteiger charge is 2.39. The predicted octanol–water partition coefficient (Wildman–Crippen LogP) is 2.62. The first-order valence-corrected chi connectivity index (χ1v) is 10.5. The Kier molecular flexibility index (Phi) is 5.51. The summed E-state index contributed by atoms with van der Waals surface area (Å²) in [6.07, 6.45) is 1.15. The maximum absolute atomic E-state index is 13.2. The summed E-state index contributed by atoms with van der Waals surface area (Å²) in [5.74, 6) is -0.414. The third-order valence-electron chi connectivity index (χ3n) is 4.75. The highest BCUT2D eigenvalue weighted by atomic mass is 32.2.